The molecule has 2 amide bonds. The fraction of sp³-hybridized carbons (Fsp3) is 0.200. The van der Waals surface area contributed by atoms with Crippen LogP contribution in [-0.2, 0) is 15.0 Å². The van der Waals surface area contributed by atoms with Crippen molar-refractivity contribution in [1.29, 1.82) is 0 Å². The number of hydrogen-bond acceptors (Lipinski definition) is 3. The SMILES string of the molecule is CCOc1ccc(N2C(=O)[C@H]3[C@H](C2=O)C3(c2ccccc2)c2ccccc2)cc1. The number of carbonyl (C=O) groups excluding carboxylic acids is 2. The van der Waals surface area contributed by atoms with Gasteiger partial charge in [0.25, 0.3) is 0 Å². The predicted molar refractivity (Wildman–Crippen MR) is 111 cm³/mol. The van der Waals surface area contributed by atoms with Crippen molar-refractivity contribution >= 4 is 17.5 Å². The van der Waals surface area contributed by atoms with E-state index in [4.69, 9.17) is 4.74 Å². The van der Waals surface area contributed by atoms with E-state index >= 15 is 0 Å². The standard InChI is InChI=1S/C25H21NO3/c1-2-29-20-15-13-19(14-16-20)26-23(27)21-22(24(26)28)25(21,17-9-5-3-6-10-17)18-11-7-4-8-12-18/h3-16,21-22H,2H2,1H3/t21-,22-/m1/s1. The second kappa shape index (κ2) is 6.59. The summed E-state index contributed by atoms with van der Waals surface area (Å²) in [6.07, 6.45) is 0. The zero-order valence-electron chi connectivity index (χ0n) is 16.1. The van der Waals surface area contributed by atoms with Crippen molar-refractivity contribution in [2.75, 3.05) is 11.5 Å². The number of benzene rings is 3. The molecule has 2 fully saturated rings. The Morgan fingerprint density at radius 3 is 1.69 bits per heavy atom. The highest BCUT2D eigenvalue weighted by molar-refractivity contribution is 6.27. The van der Waals surface area contributed by atoms with Gasteiger partial charge in [0, 0.05) is 5.41 Å². The molecular formula is C25H21NO3. The third-order valence-corrected chi connectivity index (χ3v) is 6.09. The lowest BCUT2D eigenvalue weighted by molar-refractivity contribution is -0.124. The van der Waals surface area contributed by atoms with Crippen molar-refractivity contribution in [3.05, 3.63) is 96.1 Å². The molecule has 0 spiro atoms. The lowest BCUT2D eigenvalue weighted by atomic mass is 9.83. The van der Waals surface area contributed by atoms with Gasteiger partial charge in [0.2, 0.25) is 11.8 Å². The average molecular weight is 383 g/mol. The number of imide groups is 1. The highest BCUT2D eigenvalue weighted by Crippen LogP contribution is 2.68. The molecule has 4 heteroatoms. The van der Waals surface area contributed by atoms with Crippen LogP contribution in [0.25, 0.3) is 0 Å². The third-order valence-electron chi connectivity index (χ3n) is 6.09. The number of fused-ring (bicyclic) bond motifs is 1. The van der Waals surface area contributed by atoms with Gasteiger partial charge in [-0.15, -0.1) is 0 Å². The van der Waals surface area contributed by atoms with Crippen molar-refractivity contribution in [1.82, 2.24) is 0 Å². The first-order valence-corrected chi connectivity index (χ1v) is 9.91. The number of nitrogens with zero attached hydrogens (tertiary/aromatic N) is 1. The molecule has 1 aliphatic carbocycles. The molecule has 0 N–H and O–H groups in total. The van der Waals surface area contributed by atoms with Gasteiger partial charge in [0.15, 0.2) is 0 Å². The van der Waals surface area contributed by atoms with Crippen molar-refractivity contribution in [2.45, 2.75) is 12.3 Å². The zero-order chi connectivity index (χ0) is 20.0. The molecule has 1 aliphatic heterocycles. The van der Waals surface area contributed by atoms with E-state index in [0.29, 0.717) is 12.3 Å². The maximum atomic E-state index is 13.4. The highest BCUT2D eigenvalue weighted by Gasteiger charge is 2.78. The summed E-state index contributed by atoms with van der Waals surface area (Å²) in [6, 6.07) is 27.0. The van der Waals surface area contributed by atoms with E-state index in [1.807, 2.05) is 67.6 Å². The third kappa shape index (κ3) is 2.45. The van der Waals surface area contributed by atoms with Crippen LogP contribution < -0.4 is 9.64 Å². The quantitative estimate of drug-likeness (QED) is 0.621. The molecule has 0 aromatic heterocycles. The number of ether oxygens (including phenoxy) is 1. The molecule has 0 bridgehead atoms. The maximum absolute atomic E-state index is 13.4. The lowest BCUT2D eigenvalue weighted by Gasteiger charge is -2.26. The fourth-order valence-electron chi connectivity index (χ4n) is 4.87. The Labute approximate surface area is 169 Å². The summed E-state index contributed by atoms with van der Waals surface area (Å²) in [5.74, 6) is -0.269. The van der Waals surface area contributed by atoms with Crippen LogP contribution in [0.15, 0.2) is 84.9 Å². The maximum Gasteiger partial charge on any atom is 0.239 e. The number of anilines is 1. The van der Waals surface area contributed by atoms with Gasteiger partial charge in [-0.25, -0.2) is 4.90 Å². The molecule has 29 heavy (non-hydrogen) atoms. The first kappa shape index (κ1) is 17.7. The Hall–Kier alpha value is -3.40. The van der Waals surface area contributed by atoms with Crippen LogP contribution in [0.4, 0.5) is 5.69 Å². The van der Waals surface area contributed by atoms with Crippen LogP contribution in [0.1, 0.15) is 18.1 Å². The number of amides is 2. The molecular weight excluding hydrogens is 362 g/mol. The Bertz CT molecular complexity index is 997. The van der Waals surface area contributed by atoms with Crippen LogP contribution >= 0.6 is 0 Å². The van der Waals surface area contributed by atoms with Gasteiger partial charge in [-0.3, -0.25) is 9.59 Å². The number of piperidine rings is 1. The molecule has 1 saturated carbocycles. The van der Waals surface area contributed by atoms with E-state index < -0.39 is 5.41 Å². The topological polar surface area (TPSA) is 46.6 Å². The average Bonchev–Trinajstić information content (AvgIpc) is 3.40. The van der Waals surface area contributed by atoms with Gasteiger partial charge in [0.1, 0.15) is 5.75 Å². The minimum atomic E-state index is -0.571. The van der Waals surface area contributed by atoms with Crippen molar-refractivity contribution < 1.29 is 14.3 Å². The summed E-state index contributed by atoms with van der Waals surface area (Å²) in [4.78, 5) is 28.2. The van der Waals surface area contributed by atoms with Gasteiger partial charge in [0.05, 0.1) is 24.1 Å². The van der Waals surface area contributed by atoms with Crippen molar-refractivity contribution in [3.63, 3.8) is 0 Å². The van der Waals surface area contributed by atoms with Crippen LogP contribution in [0, 0.1) is 11.8 Å². The summed E-state index contributed by atoms with van der Waals surface area (Å²) in [7, 11) is 0. The van der Waals surface area contributed by atoms with Crippen LogP contribution in [0.3, 0.4) is 0 Å². The number of carbonyl (C=O) groups is 2. The lowest BCUT2D eigenvalue weighted by Crippen LogP contribution is -2.39. The first-order valence-electron chi connectivity index (χ1n) is 9.91. The van der Waals surface area contributed by atoms with Gasteiger partial charge >= 0.3 is 0 Å². The second-order valence-corrected chi connectivity index (χ2v) is 7.50. The van der Waals surface area contributed by atoms with Crippen LogP contribution in [0.5, 0.6) is 5.75 Å². The fourth-order valence-corrected chi connectivity index (χ4v) is 4.87. The zero-order valence-corrected chi connectivity index (χ0v) is 16.1. The Balaban J connectivity index is 1.54. The summed E-state index contributed by atoms with van der Waals surface area (Å²) < 4.78 is 5.47. The molecule has 0 radical (unpaired) electrons. The van der Waals surface area contributed by atoms with Gasteiger partial charge in [-0.1, -0.05) is 60.7 Å². The number of rotatable bonds is 5. The summed E-state index contributed by atoms with van der Waals surface area (Å²) in [6.45, 7) is 2.49. The van der Waals surface area contributed by atoms with Crippen LogP contribution in [0.2, 0.25) is 0 Å². The molecule has 2 atom stereocenters. The minimum Gasteiger partial charge on any atom is -0.494 e. The first-order chi connectivity index (χ1) is 14.2. The predicted octanol–water partition coefficient (Wildman–Crippen LogP) is 4.19. The largest absolute Gasteiger partial charge is 0.494 e. The molecule has 2 aliphatic rings. The molecule has 144 valence electrons. The van der Waals surface area contributed by atoms with Gasteiger partial charge < -0.3 is 4.74 Å². The van der Waals surface area contributed by atoms with Crippen molar-refractivity contribution in [3.8, 4) is 5.75 Å². The van der Waals surface area contributed by atoms with E-state index in [1.54, 1.807) is 24.3 Å². The molecule has 3 aromatic carbocycles. The van der Waals surface area contributed by atoms with E-state index in [1.165, 1.54) is 4.90 Å². The summed E-state index contributed by atoms with van der Waals surface area (Å²) in [5.41, 5.74) is 2.08. The summed E-state index contributed by atoms with van der Waals surface area (Å²) in [5, 5.41) is 0. The molecule has 3 aromatic rings. The Morgan fingerprint density at radius 1 is 0.759 bits per heavy atom. The summed E-state index contributed by atoms with van der Waals surface area (Å²) >= 11 is 0. The normalized spacial score (nSPS) is 21.8. The molecule has 0 unspecified atom stereocenters. The minimum absolute atomic E-state index is 0.128. The van der Waals surface area contributed by atoms with Gasteiger partial charge in [-0.2, -0.15) is 0 Å². The molecule has 5 rings (SSSR count). The smallest absolute Gasteiger partial charge is 0.239 e. The Kier molecular flexibility index (Phi) is 4.02. The van der Waals surface area contributed by atoms with Crippen LogP contribution in [-0.4, -0.2) is 18.4 Å². The monoisotopic (exact) mass is 383 g/mol. The molecule has 4 nitrogen and oxygen atoms in total. The van der Waals surface area contributed by atoms with E-state index in [0.717, 1.165) is 16.9 Å². The highest BCUT2D eigenvalue weighted by atomic mass is 16.5. The molecule has 1 saturated heterocycles. The molecule has 1 heterocycles. The van der Waals surface area contributed by atoms with Crippen molar-refractivity contribution in [2.24, 2.45) is 11.8 Å². The van der Waals surface area contributed by atoms with Gasteiger partial charge in [-0.05, 0) is 42.3 Å². The second-order valence-electron chi connectivity index (χ2n) is 7.50. The Morgan fingerprint density at radius 2 is 1.24 bits per heavy atom. The van der Waals surface area contributed by atoms with E-state index in [-0.39, 0.29) is 23.7 Å². The number of hydrogen-bond donors (Lipinski definition) is 0. The van der Waals surface area contributed by atoms with E-state index in [2.05, 4.69) is 0 Å². The van der Waals surface area contributed by atoms with E-state index in [9.17, 15) is 9.59 Å².